The molecule has 1 aliphatic heterocycles. The Balaban J connectivity index is 1.73. The largest absolute Gasteiger partial charge is 0.444 e. The van der Waals surface area contributed by atoms with Gasteiger partial charge in [0.1, 0.15) is 11.2 Å². The van der Waals surface area contributed by atoms with E-state index in [2.05, 4.69) is 14.9 Å². The van der Waals surface area contributed by atoms with Crippen molar-refractivity contribution in [2.75, 3.05) is 31.1 Å². The van der Waals surface area contributed by atoms with Crippen LogP contribution in [0.5, 0.6) is 0 Å². The van der Waals surface area contributed by atoms with Gasteiger partial charge in [-0.15, -0.1) is 0 Å². The number of alkyl halides is 2. The monoisotopic (exact) mass is 385 g/mol. The Kier molecular flexibility index (Phi) is 4.97. The van der Waals surface area contributed by atoms with Crippen molar-refractivity contribution in [3.05, 3.63) is 24.2 Å². The van der Waals surface area contributed by atoms with Crippen LogP contribution < -0.4 is 4.90 Å². The quantitative estimate of drug-likeness (QED) is 0.742. The number of carbonyl (C=O) groups is 1. The third-order valence-electron chi connectivity index (χ3n) is 3.82. The van der Waals surface area contributed by atoms with E-state index in [1.165, 1.54) is 0 Å². The average molecular weight is 386 g/mol. The normalized spacial score (nSPS) is 15.9. The van der Waals surface area contributed by atoms with Gasteiger partial charge in [0.25, 0.3) is 0 Å². The number of amides is 1. The fourth-order valence-corrected chi connectivity index (χ4v) is 2.89. The number of hydrogen-bond donors (Lipinski definition) is 0. The van der Waals surface area contributed by atoms with Crippen molar-refractivity contribution >= 4 is 40.9 Å². The Labute approximate surface area is 156 Å². The van der Waals surface area contributed by atoms with E-state index in [1.54, 1.807) is 23.4 Å². The van der Waals surface area contributed by atoms with Crippen LogP contribution >= 0.6 is 23.2 Å². The lowest BCUT2D eigenvalue weighted by Crippen LogP contribution is -2.50. The highest BCUT2D eigenvalue weighted by Gasteiger charge is 2.27. The fourth-order valence-electron chi connectivity index (χ4n) is 2.68. The molecule has 136 valence electrons. The predicted octanol–water partition coefficient (Wildman–Crippen LogP) is 3.26. The summed E-state index contributed by atoms with van der Waals surface area (Å²) in [6.45, 7) is 8.05. The number of anilines is 1. The fraction of sp³-hybridized carbons (Fsp3) is 0.562. The molecule has 0 spiro atoms. The topological polar surface area (TPSA) is 63.0 Å². The number of piperazine rings is 1. The summed E-state index contributed by atoms with van der Waals surface area (Å²) in [6.07, 6.45) is 3.22. The molecule has 3 rings (SSSR count). The summed E-state index contributed by atoms with van der Waals surface area (Å²) in [7, 11) is 0. The first-order valence-corrected chi connectivity index (χ1v) is 8.97. The molecule has 0 aromatic carbocycles. The molecule has 1 aliphatic rings. The zero-order valence-corrected chi connectivity index (χ0v) is 16.0. The average Bonchev–Trinajstić information content (AvgIpc) is 2.98. The number of fused-ring (bicyclic) bond motifs is 1. The number of imidazole rings is 1. The summed E-state index contributed by atoms with van der Waals surface area (Å²) in [5.74, 6) is 0.758. The van der Waals surface area contributed by atoms with Gasteiger partial charge in [0.2, 0.25) is 5.95 Å². The van der Waals surface area contributed by atoms with Gasteiger partial charge in [-0.2, -0.15) is 0 Å². The van der Waals surface area contributed by atoms with E-state index in [0.717, 1.165) is 11.6 Å². The highest BCUT2D eigenvalue weighted by Crippen LogP contribution is 2.26. The van der Waals surface area contributed by atoms with Crippen LogP contribution in [0, 0.1) is 0 Å². The second kappa shape index (κ2) is 6.88. The second-order valence-electron chi connectivity index (χ2n) is 6.89. The van der Waals surface area contributed by atoms with Crippen molar-refractivity contribution in [2.45, 2.75) is 31.2 Å². The Bertz CT molecular complexity index is 763. The SMILES string of the molecule is CC(C)(C)OC(=O)N1CCN(c2nccc3nc(C(Cl)Cl)cn23)CC1. The first-order chi connectivity index (χ1) is 11.7. The van der Waals surface area contributed by atoms with Crippen LogP contribution in [0.2, 0.25) is 0 Å². The summed E-state index contributed by atoms with van der Waals surface area (Å²) in [5, 5.41) is 0. The molecule has 0 aliphatic carbocycles. The van der Waals surface area contributed by atoms with Gasteiger partial charge in [0.15, 0.2) is 4.84 Å². The molecule has 0 radical (unpaired) electrons. The van der Waals surface area contributed by atoms with E-state index in [-0.39, 0.29) is 6.09 Å². The van der Waals surface area contributed by atoms with E-state index in [4.69, 9.17) is 27.9 Å². The molecule has 1 amide bonds. The van der Waals surface area contributed by atoms with E-state index in [9.17, 15) is 4.79 Å². The molecule has 2 aromatic heterocycles. The summed E-state index contributed by atoms with van der Waals surface area (Å²) < 4.78 is 7.30. The molecule has 0 N–H and O–H groups in total. The standard InChI is InChI=1S/C16H21Cl2N5O2/c1-16(2,3)25-15(24)22-8-6-21(7-9-22)14-19-5-4-12-20-11(13(17)18)10-23(12)14/h4-5,10,13H,6-9H2,1-3H3. The van der Waals surface area contributed by atoms with Crippen LogP contribution in [-0.2, 0) is 4.74 Å². The molecule has 1 saturated heterocycles. The van der Waals surface area contributed by atoms with Crippen LogP contribution in [0.25, 0.3) is 5.65 Å². The third-order valence-corrected chi connectivity index (χ3v) is 4.27. The number of aromatic nitrogens is 3. The predicted molar refractivity (Wildman–Crippen MR) is 97.5 cm³/mol. The lowest BCUT2D eigenvalue weighted by molar-refractivity contribution is 0.0240. The summed E-state index contributed by atoms with van der Waals surface area (Å²) in [4.78, 5) is 24.2. The van der Waals surface area contributed by atoms with Crippen molar-refractivity contribution in [3.8, 4) is 0 Å². The molecule has 3 heterocycles. The molecule has 7 nitrogen and oxygen atoms in total. The molecule has 0 bridgehead atoms. The van der Waals surface area contributed by atoms with Gasteiger partial charge in [-0.1, -0.05) is 23.2 Å². The molecule has 0 unspecified atom stereocenters. The van der Waals surface area contributed by atoms with E-state index >= 15 is 0 Å². The van der Waals surface area contributed by atoms with Crippen molar-refractivity contribution in [1.29, 1.82) is 0 Å². The van der Waals surface area contributed by atoms with Crippen molar-refractivity contribution in [1.82, 2.24) is 19.3 Å². The van der Waals surface area contributed by atoms with Gasteiger partial charge in [-0.25, -0.2) is 14.8 Å². The van der Waals surface area contributed by atoms with E-state index in [1.807, 2.05) is 25.2 Å². The van der Waals surface area contributed by atoms with Crippen molar-refractivity contribution in [2.24, 2.45) is 0 Å². The van der Waals surface area contributed by atoms with Crippen LogP contribution in [-0.4, -0.2) is 57.1 Å². The molecular weight excluding hydrogens is 365 g/mol. The zero-order valence-electron chi connectivity index (χ0n) is 14.4. The lowest BCUT2D eigenvalue weighted by Gasteiger charge is -2.36. The Morgan fingerprint density at radius 1 is 1.24 bits per heavy atom. The smallest absolute Gasteiger partial charge is 0.410 e. The number of ether oxygens (including phenoxy) is 1. The molecular formula is C16H21Cl2N5O2. The van der Waals surface area contributed by atoms with Crippen LogP contribution in [0.3, 0.4) is 0 Å². The van der Waals surface area contributed by atoms with Crippen molar-refractivity contribution in [3.63, 3.8) is 0 Å². The van der Waals surface area contributed by atoms with Crippen LogP contribution in [0.1, 0.15) is 31.3 Å². The number of halogens is 2. The van der Waals surface area contributed by atoms with Gasteiger partial charge in [-0.05, 0) is 26.8 Å². The summed E-state index contributed by atoms with van der Waals surface area (Å²) in [6, 6.07) is 1.81. The van der Waals surface area contributed by atoms with E-state index < -0.39 is 10.4 Å². The minimum Gasteiger partial charge on any atom is -0.444 e. The molecule has 25 heavy (non-hydrogen) atoms. The minimum atomic E-state index is -0.684. The number of rotatable bonds is 2. The van der Waals surface area contributed by atoms with Crippen molar-refractivity contribution < 1.29 is 9.53 Å². The first kappa shape index (κ1) is 18.1. The minimum absolute atomic E-state index is 0.282. The Hall–Kier alpha value is -1.73. The molecule has 0 saturated carbocycles. The molecule has 2 aromatic rings. The van der Waals surface area contributed by atoms with E-state index in [0.29, 0.717) is 31.9 Å². The van der Waals surface area contributed by atoms with Gasteiger partial charge < -0.3 is 14.5 Å². The Morgan fingerprint density at radius 2 is 1.92 bits per heavy atom. The van der Waals surface area contributed by atoms with Crippen LogP contribution in [0.15, 0.2) is 18.5 Å². The van der Waals surface area contributed by atoms with Gasteiger partial charge in [0, 0.05) is 38.6 Å². The summed E-state index contributed by atoms with van der Waals surface area (Å²) in [5.41, 5.74) is 0.833. The van der Waals surface area contributed by atoms with Gasteiger partial charge >= 0.3 is 6.09 Å². The molecule has 0 atom stereocenters. The highest BCUT2D eigenvalue weighted by atomic mass is 35.5. The third kappa shape index (κ3) is 4.10. The molecule has 9 heteroatoms. The highest BCUT2D eigenvalue weighted by molar-refractivity contribution is 6.43. The Morgan fingerprint density at radius 3 is 2.52 bits per heavy atom. The van der Waals surface area contributed by atoms with Crippen LogP contribution in [0.4, 0.5) is 10.7 Å². The maximum absolute atomic E-state index is 12.2. The maximum atomic E-state index is 12.2. The zero-order chi connectivity index (χ0) is 18.2. The number of carbonyl (C=O) groups excluding carboxylic acids is 1. The number of nitrogens with zero attached hydrogens (tertiary/aromatic N) is 5. The van der Waals surface area contributed by atoms with Gasteiger partial charge in [0.05, 0.1) is 5.69 Å². The second-order valence-corrected chi connectivity index (χ2v) is 7.99. The lowest BCUT2D eigenvalue weighted by atomic mass is 10.2. The number of hydrogen-bond acceptors (Lipinski definition) is 5. The maximum Gasteiger partial charge on any atom is 0.410 e. The molecule has 1 fully saturated rings. The summed E-state index contributed by atoms with van der Waals surface area (Å²) >= 11 is 11.8. The van der Waals surface area contributed by atoms with Gasteiger partial charge in [-0.3, -0.25) is 4.40 Å². The first-order valence-electron chi connectivity index (χ1n) is 8.09.